The highest BCUT2D eigenvalue weighted by Crippen LogP contribution is 2.34. The van der Waals surface area contributed by atoms with Crippen LogP contribution in [0, 0.1) is 6.92 Å². The quantitative estimate of drug-likeness (QED) is 0.746. The van der Waals surface area contributed by atoms with Gasteiger partial charge in [-0.2, -0.15) is 0 Å². The van der Waals surface area contributed by atoms with Crippen molar-refractivity contribution in [3.05, 3.63) is 65.2 Å². The van der Waals surface area contributed by atoms with Gasteiger partial charge in [-0.05, 0) is 31.9 Å². The zero-order valence-electron chi connectivity index (χ0n) is 15.2. The number of hydrogen-bond donors (Lipinski definition) is 1. The molecule has 3 aromatic rings. The van der Waals surface area contributed by atoms with Crippen LogP contribution in [0.3, 0.4) is 0 Å². The molecule has 0 atom stereocenters. The van der Waals surface area contributed by atoms with Gasteiger partial charge in [-0.25, -0.2) is 17.9 Å². The van der Waals surface area contributed by atoms with Gasteiger partial charge in [0, 0.05) is 23.2 Å². The van der Waals surface area contributed by atoms with Crippen molar-refractivity contribution in [1.29, 1.82) is 0 Å². The van der Waals surface area contributed by atoms with E-state index in [-0.39, 0.29) is 4.90 Å². The van der Waals surface area contributed by atoms with E-state index in [2.05, 4.69) is 15.4 Å². The maximum atomic E-state index is 13.4. The lowest BCUT2D eigenvalue weighted by molar-refractivity contribution is 0.601. The summed E-state index contributed by atoms with van der Waals surface area (Å²) in [7, 11) is -2.03. The second-order valence-electron chi connectivity index (χ2n) is 6.42. The van der Waals surface area contributed by atoms with E-state index in [1.807, 2.05) is 49.4 Å². The molecule has 0 saturated carbocycles. The molecule has 2 heterocycles. The van der Waals surface area contributed by atoms with Crippen molar-refractivity contribution in [2.75, 3.05) is 12.4 Å². The van der Waals surface area contributed by atoms with Crippen LogP contribution in [0.25, 0.3) is 16.9 Å². The van der Waals surface area contributed by atoms with Crippen LogP contribution in [0.4, 0.5) is 5.82 Å². The van der Waals surface area contributed by atoms with E-state index in [0.717, 1.165) is 17.0 Å². The Morgan fingerprint density at radius 2 is 1.96 bits per heavy atom. The summed E-state index contributed by atoms with van der Waals surface area (Å²) in [5, 5.41) is 7.37. The van der Waals surface area contributed by atoms with Crippen molar-refractivity contribution >= 4 is 21.3 Å². The Balaban J connectivity index is 2.01. The van der Waals surface area contributed by atoms with Gasteiger partial charge < -0.3 is 5.32 Å². The minimum absolute atomic E-state index is 0.132. The Bertz CT molecular complexity index is 1180. The molecule has 27 heavy (non-hydrogen) atoms. The van der Waals surface area contributed by atoms with Gasteiger partial charge in [0.2, 0.25) is 9.84 Å². The lowest BCUT2D eigenvalue weighted by atomic mass is 10.1. The highest BCUT2D eigenvalue weighted by Gasteiger charge is 2.30. The largest absolute Gasteiger partial charge is 0.370 e. The first kappa shape index (κ1) is 17.5. The fourth-order valence-electron chi connectivity index (χ4n) is 3.25. The summed E-state index contributed by atoms with van der Waals surface area (Å²) in [6.45, 7) is 1.90. The summed E-state index contributed by atoms with van der Waals surface area (Å²) in [5.74, 6) is 0.311. The fraction of sp³-hybridized carbons (Fsp3) is 0.200. The number of allylic oxidation sites excluding steroid dienone is 4. The molecule has 0 saturated heterocycles. The third-order valence-electron chi connectivity index (χ3n) is 4.62. The normalized spacial score (nSPS) is 14.4. The smallest absolute Gasteiger partial charge is 0.210 e. The zero-order valence-corrected chi connectivity index (χ0v) is 16.0. The van der Waals surface area contributed by atoms with Gasteiger partial charge >= 0.3 is 0 Å². The van der Waals surface area contributed by atoms with Crippen molar-refractivity contribution in [3.8, 4) is 11.3 Å². The Kier molecular flexibility index (Phi) is 4.31. The summed E-state index contributed by atoms with van der Waals surface area (Å²) in [4.78, 5) is 5.19. The number of anilines is 1. The van der Waals surface area contributed by atoms with Crippen molar-refractivity contribution in [3.63, 3.8) is 0 Å². The van der Waals surface area contributed by atoms with Crippen molar-refractivity contribution < 1.29 is 8.42 Å². The molecule has 2 aromatic heterocycles. The Morgan fingerprint density at radius 3 is 2.63 bits per heavy atom. The van der Waals surface area contributed by atoms with Crippen molar-refractivity contribution in [2.24, 2.45) is 0 Å². The SMILES string of the molecule is CNc1nn2c(C)cc(-c3ccccc3)nc2c1S(=O)(=O)C1=CC=CCC1. The van der Waals surface area contributed by atoms with Crippen LogP contribution in [0.1, 0.15) is 18.5 Å². The molecule has 1 aliphatic rings. The molecule has 1 aliphatic carbocycles. The minimum Gasteiger partial charge on any atom is -0.370 e. The lowest BCUT2D eigenvalue weighted by Crippen LogP contribution is -2.09. The fourth-order valence-corrected chi connectivity index (χ4v) is 4.92. The van der Waals surface area contributed by atoms with Crippen molar-refractivity contribution in [1.82, 2.24) is 14.6 Å². The summed E-state index contributed by atoms with van der Waals surface area (Å²) in [5.41, 5.74) is 2.80. The molecule has 0 bridgehead atoms. The molecule has 0 amide bonds. The number of hydrogen-bond acceptors (Lipinski definition) is 5. The molecule has 6 nitrogen and oxygen atoms in total. The van der Waals surface area contributed by atoms with Crippen LogP contribution in [-0.2, 0) is 9.84 Å². The van der Waals surface area contributed by atoms with Gasteiger partial charge in [-0.1, -0.05) is 42.5 Å². The monoisotopic (exact) mass is 380 g/mol. The number of rotatable bonds is 4. The van der Waals surface area contributed by atoms with Gasteiger partial charge in [0.15, 0.2) is 16.4 Å². The maximum absolute atomic E-state index is 13.4. The van der Waals surface area contributed by atoms with E-state index >= 15 is 0 Å². The average Bonchev–Trinajstić information content (AvgIpc) is 3.09. The van der Waals surface area contributed by atoms with Crippen molar-refractivity contribution in [2.45, 2.75) is 24.7 Å². The number of fused-ring (bicyclic) bond motifs is 1. The highest BCUT2D eigenvalue weighted by molar-refractivity contribution is 7.95. The van der Waals surface area contributed by atoms with Gasteiger partial charge in [-0.3, -0.25) is 0 Å². The number of nitrogens with one attached hydrogen (secondary N) is 1. The molecule has 1 aromatic carbocycles. The standard InChI is InChI=1S/C20H20N4O2S/c1-14-13-17(15-9-5-3-6-10-15)22-20-18(19(21-2)23-24(14)20)27(25,26)16-11-7-4-8-12-16/h3-7,9-11,13H,8,12H2,1-2H3,(H,21,23). The predicted octanol–water partition coefficient (Wildman–Crippen LogP) is 3.75. The van der Waals surface area contributed by atoms with E-state index < -0.39 is 9.84 Å². The van der Waals surface area contributed by atoms with E-state index in [9.17, 15) is 8.42 Å². The first-order valence-electron chi connectivity index (χ1n) is 8.76. The predicted molar refractivity (Wildman–Crippen MR) is 106 cm³/mol. The maximum Gasteiger partial charge on any atom is 0.210 e. The molecule has 0 unspecified atom stereocenters. The molecule has 138 valence electrons. The Labute approximate surface area is 158 Å². The van der Waals surface area contributed by atoms with Gasteiger partial charge in [0.05, 0.1) is 5.69 Å². The minimum atomic E-state index is -3.70. The third-order valence-corrected chi connectivity index (χ3v) is 6.56. The second-order valence-corrected chi connectivity index (χ2v) is 8.35. The summed E-state index contributed by atoms with van der Waals surface area (Å²) < 4.78 is 28.3. The van der Waals surface area contributed by atoms with E-state index in [4.69, 9.17) is 0 Å². The number of benzene rings is 1. The third kappa shape index (κ3) is 2.94. The molecular formula is C20H20N4O2S. The van der Waals surface area contributed by atoms with Crippen LogP contribution in [0.2, 0.25) is 0 Å². The Hall–Kier alpha value is -2.93. The van der Waals surface area contributed by atoms with Crippen LogP contribution >= 0.6 is 0 Å². The van der Waals surface area contributed by atoms with E-state index in [1.165, 1.54) is 0 Å². The molecule has 4 rings (SSSR count). The highest BCUT2D eigenvalue weighted by atomic mass is 32.2. The van der Waals surface area contributed by atoms with Gasteiger partial charge in [0.25, 0.3) is 0 Å². The van der Waals surface area contributed by atoms with Gasteiger partial charge in [0.1, 0.15) is 0 Å². The van der Waals surface area contributed by atoms with Gasteiger partial charge in [-0.15, -0.1) is 5.10 Å². The first-order chi connectivity index (χ1) is 13.0. The molecule has 7 heteroatoms. The van der Waals surface area contributed by atoms with Crippen LogP contribution in [0.15, 0.2) is 64.4 Å². The Morgan fingerprint density at radius 1 is 1.19 bits per heavy atom. The number of sulfone groups is 1. The lowest BCUT2D eigenvalue weighted by Gasteiger charge is -2.11. The topological polar surface area (TPSA) is 76.4 Å². The van der Waals surface area contributed by atoms with E-state index in [1.54, 1.807) is 23.7 Å². The number of aryl methyl sites for hydroxylation is 1. The molecule has 0 spiro atoms. The van der Waals surface area contributed by atoms with Crippen LogP contribution in [0.5, 0.6) is 0 Å². The first-order valence-corrected chi connectivity index (χ1v) is 10.2. The van der Waals surface area contributed by atoms with E-state index in [0.29, 0.717) is 29.2 Å². The molecule has 1 N–H and O–H groups in total. The second kappa shape index (κ2) is 6.66. The molecular weight excluding hydrogens is 360 g/mol. The molecule has 0 aliphatic heterocycles. The van der Waals surface area contributed by atoms with Crippen LogP contribution in [-0.4, -0.2) is 30.1 Å². The zero-order chi connectivity index (χ0) is 19.0. The summed E-state index contributed by atoms with van der Waals surface area (Å²) in [6.07, 6.45) is 6.60. The molecule has 0 fully saturated rings. The summed E-state index contributed by atoms with van der Waals surface area (Å²) >= 11 is 0. The number of aromatic nitrogens is 3. The number of nitrogens with zero attached hydrogens (tertiary/aromatic N) is 3. The summed E-state index contributed by atoms with van der Waals surface area (Å²) in [6, 6.07) is 11.6. The van der Waals surface area contributed by atoms with Crippen LogP contribution < -0.4 is 5.32 Å². The molecule has 0 radical (unpaired) electrons. The average molecular weight is 380 g/mol.